The van der Waals surface area contributed by atoms with E-state index in [4.69, 9.17) is 112 Å². The van der Waals surface area contributed by atoms with Gasteiger partial charge in [0.2, 0.25) is 0 Å². The fraction of sp³-hybridized carbons (Fsp3) is 0.0500. The zero-order chi connectivity index (χ0) is 92.4. The molecular formula is C60H54O46S13. The normalized spacial score (nSPS) is 11.2. The first-order chi connectivity index (χ1) is 54.1. The van der Waals surface area contributed by atoms with Gasteiger partial charge in [0.1, 0.15) is 9.79 Å². The van der Waals surface area contributed by atoms with Crippen LogP contribution in [0.2, 0.25) is 0 Å². The Kier molecular flexibility index (Phi) is 42.6. The number of hydrogen-bond donors (Lipinski definition) is 13. The van der Waals surface area contributed by atoms with Crippen molar-refractivity contribution in [2.45, 2.75) is 62.5 Å². The predicted molar refractivity (Wildman–Crippen MR) is 401 cm³/mol. The summed E-state index contributed by atoms with van der Waals surface area (Å²) in [6.07, 6.45) is -2.29. The maximum atomic E-state index is 11.2. The fourth-order valence-electron chi connectivity index (χ4n) is 8.10. The van der Waals surface area contributed by atoms with Crippen LogP contribution in [0.1, 0.15) is 12.8 Å². The molecule has 0 aromatic heterocycles. The molecule has 0 heterocycles. The Bertz CT molecular complexity index is 6500. The highest BCUT2D eigenvalue weighted by molar-refractivity contribution is 7.88. The van der Waals surface area contributed by atoms with E-state index in [-0.39, 0.29) is 25.5 Å². The highest BCUT2D eigenvalue weighted by Crippen LogP contribution is 2.29. The van der Waals surface area contributed by atoms with Gasteiger partial charge in [0, 0.05) is 10.8 Å². The molecule has 10 rings (SSSR count). The number of rotatable bonds is 15. The van der Waals surface area contributed by atoms with Gasteiger partial charge in [0.25, 0.3) is 91.1 Å². The van der Waals surface area contributed by atoms with Crippen molar-refractivity contribution in [3.8, 4) is 11.1 Å². The van der Waals surface area contributed by atoms with Gasteiger partial charge in [0.15, 0.2) is 5.60 Å². The molecule has 46 nitrogen and oxygen atoms in total. The van der Waals surface area contributed by atoms with Crippen LogP contribution in [0.5, 0.6) is 0 Å². The van der Waals surface area contributed by atoms with Crippen molar-refractivity contribution in [3.05, 3.63) is 224 Å². The molecule has 0 saturated carbocycles. The first-order valence-electron chi connectivity index (χ1n) is 29.1. The Morgan fingerprint density at radius 1 is 0.244 bits per heavy atom. The maximum Gasteiger partial charge on any atom is 0.425 e. The number of benzene rings is 10. The molecule has 13 N–H and O–H groups in total. The molecule has 0 aliphatic carbocycles. The second-order valence-electron chi connectivity index (χ2n) is 21.0. The van der Waals surface area contributed by atoms with E-state index < -0.39 is 199 Å². The van der Waals surface area contributed by atoms with Crippen molar-refractivity contribution in [2.24, 2.45) is 0 Å². The summed E-state index contributed by atoms with van der Waals surface area (Å²) in [4.78, 5) is 27.4. The van der Waals surface area contributed by atoms with Crippen LogP contribution >= 0.6 is 0 Å². The van der Waals surface area contributed by atoms with Gasteiger partial charge in [-0.05, 0) is 124 Å². The summed E-state index contributed by atoms with van der Waals surface area (Å²) in [5, 5.41) is 37.3. The van der Waals surface area contributed by atoms with E-state index >= 15 is 0 Å². The molecule has 648 valence electrons. The van der Waals surface area contributed by atoms with E-state index in [1.54, 1.807) is 36.4 Å². The third-order valence-corrected chi connectivity index (χ3v) is 20.6. The molecule has 0 radical (unpaired) electrons. The Morgan fingerprint density at radius 2 is 0.462 bits per heavy atom. The summed E-state index contributed by atoms with van der Waals surface area (Å²) in [5.41, 5.74) is -0.824. The lowest BCUT2D eigenvalue weighted by Crippen LogP contribution is -2.42. The van der Waals surface area contributed by atoms with Crippen LogP contribution < -0.4 is 0 Å². The summed E-state index contributed by atoms with van der Waals surface area (Å²) in [6.45, 7) is 0. The molecule has 0 bridgehead atoms. The molecule has 59 heteroatoms. The van der Waals surface area contributed by atoms with Crippen LogP contribution in [0.4, 0.5) is 0 Å². The predicted octanol–water partition coefficient (Wildman–Crippen LogP) is 3.20. The third kappa shape index (κ3) is 43.3. The van der Waals surface area contributed by atoms with Crippen molar-refractivity contribution in [2.75, 3.05) is 0 Å². The summed E-state index contributed by atoms with van der Waals surface area (Å²) in [6, 6.07) is 54.2. The number of fused-ring (bicyclic) bond motifs is 3. The van der Waals surface area contributed by atoms with Crippen LogP contribution in [0.15, 0.2) is 269 Å². The van der Waals surface area contributed by atoms with E-state index in [1.165, 1.54) is 60.7 Å². The zero-order valence-corrected chi connectivity index (χ0v) is 68.5. The van der Waals surface area contributed by atoms with Crippen LogP contribution in [0.3, 0.4) is 0 Å². The van der Waals surface area contributed by atoms with Crippen LogP contribution in [0.25, 0.3) is 43.4 Å². The highest BCUT2D eigenvalue weighted by atomic mass is 32.3. The average Bonchev–Trinajstić information content (AvgIpc) is 0.772. The van der Waals surface area contributed by atoms with Gasteiger partial charge in [-0.1, -0.05) is 133 Å². The number of aliphatic carboxylic acids is 3. The minimum absolute atomic E-state index is 0.0233. The molecule has 10 aromatic rings. The van der Waals surface area contributed by atoms with Gasteiger partial charge in [-0.15, -0.1) is 50.5 Å². The number of carbonyl (C=O) groups is 3. The van der Waals surface area contributed by atoms with E-state index in [2.05, 4.69) is 0 Å². The Hall–Kier alpha value is -11.0. The summed E-state index contributed by atoms with van der Waals surface area (Å²) in [5.74, 6) is -5.02. The Labute approximate surface area is 678 Å². The second-order valence-corrected chi connectivity index (χ2v) is 35.4. The van der Waals surface area contributed by atoms with Gasteiger partial charge in [-0.3, -0.25) is 50.6 Å². The van der Waals surface area contributed by atoms with Gasteiger partial charge < -0.3 is 20.4 Å². The average molecular weight is 1930 g/mol. The standard InChI is InChI=1S/C12H10O3S.C10H8O6S2.2C10H8O3S.C6H8O7.2C6H6O6S2.4O3S/c13-16(14,15)12-8-6-11(7-9-12)10-4-2-1-3-5-10;11-17(12,13)9-5-1-3-7-8(9)4-2-6-10(7)18(14,15)16;2*11-14(12,13)10-6-5-8-3-1-2-4-9(8)7-10;7-3(8)1-6(13,5(11)12)2-4(9)10;7-13(8,9)5-1-2-6(4-3-5)14(10,11)12;7-13(8,9)5-2-1-3-6(4-5)14(10,11)12;4*1-4(2)3/h1-9H,(H,13,14,15);1-6H,(H,11,12,13)(H,14,15,16);2*1-7H,(H,11,12,13);13H,1-2H2,(H,7,8)(H,9,10)(H,11,12);2*1-4H,(H,7,8,9)(H,10,11,12);;;;. The molecule has 0 saturated heterocycles. The van der Waals surface area contributed by atoms with Crippen molar-refractivity contribution in [1.29, 1.82) is 0 Å². The topological polar surface area (TPSA) is 826 Å². The van der Waals surface area contributed by atoms with E-state index in [0.717, 1.165) is 87.3 Å². The molecule has 0 aliphatic rings. The van der Waals surface area contributed by atoms with Gasteiger partial charge in [-0.2, -0.15) is 75.8 Å². The molecule has 0 unspecified atom stereocenters. The molecule has 0 fully saturated rings. The van der Waals surface area contributed by atoms with Gasteiger partial charge in [0.05, 0.1) is 47.1 Å². The second kappa shape index (κ2) is 47.0. The molecule has 119 heavy (non-hydrogen) atoms. The van der Waals surface area contributed by atoms with E-state index in [0.29, 0.717) is 6.07 Å². The fourth-order valence-corrected chi connectivity index (χ4v) is 13.1. The lowest BCUT2D eigenvalue weighted by Gasteiger charge is -2.18. The van der Waals surface area contributed by atoms with Crippen molar-refractivity contribution in [3.63, 3.8) is 0 Å². The first-order valence-corrected chi connectivity index (χ1v) is 46.1. The highest BCUT2D eigenvalue weighted by Gasteiger charge is 2.41. The van der Waals surface area contributed by atoms with E-state index in [9.17, 15) is 90.1 Å². The number of carboxylic acid groups (broad SMARTS) is 3. The summed E-state index contributed by atoms with van der Waals surface area (Å²) < 4.78 is 374. The minimum Gasteiger partial charge on any atom is -0.481 e. The van der Waals surface area contributed by atoms with E-state index in [1.807, 2.05) is 66.7 Å². The number of hydrogen-bond acceptors (Lipinski definition) is 34. The lowest BCUT2D eigenvalue weighted by atomic mass is 9.96. The lowest BCUT2D eigenvalue weighted by molar-refractivity contribution is -0.170. The molecule has 0 amide bonds. The van der Waals surface area contributed by atoms with Gasteiger partial charge >= 0.3 is 60.3 Å². The minimum atomic E-state index is -4.47. The molecule has 0 spiro atoms. The van der Waals surface area contributed by atoms with Crippen LogP contribution in [0, 0.1) is 0 Å². The number of carboxylic acids is 3. The van der Waals surface area contributed by atoms with Crippen molar-refractivity contribution in [1.82, 2.24) is 0 Å². The monoisotopic (exact) mass is 1930 g/mol. The zero-order valence-electron chi connectivity index (χ0n) is 57.9. The Balaban J connectivity index is 0.00000133. The van der Waals surface area contributed by atoms with Crippen LogP contribution in [-0.2, 0) is 148 Å². The molecule has 0 aliphatic heterocycles. The molecule has 10 aromatic carbocycles. The number of aliphatic hydroxyl groups is 1. The van der Waals surface area contributed by atoms with Crippen molar-refractivity contribution >= 4 is 184 Å². The first kappa shape index (κ1) is 108. The SMILES string of the molecule is O=C(O)CC(O)(CC(=O)O)C(=O)O.O=S(=O)(O)c1ccc(-c2ccccc2)cc1.O=S(=O)(O)c1ccc(S(=O)(=O)O)cc1.O=S(=O)(O)c1ccc2ccccc2c1.O=S(=O)(O)c1ccc2ccccc2c1.O=S(=O)(O)c1cccc(S(=O)(=O)O)c1.O=S(=O)(O)c1cccc2c(S(=O)(=O)O)cccc12.O=S(=O)=O.O=S(=O)=O.O=S(=O)=O.O=S(=O)=O. The smallest absolute Gasteiger partial charge is 0.425 e. The molecule has 0 atom stereocenters. The van der Waals surface area contributed by atoms with Crippen molar-refractivity contribution < 1.29 is 202 Å². The maximum absolute atomic E-state index is 11.2. The summed E-state index contributed by atoms with van der Waals surface area (Å²) >= 11 is 0. The third-order valence-electron chi connectivity index (χ3n) is 12.8. The largest absolute Gasteiger partial charge is 0.481 e. The quantitative estimate of drug-likeness (QED) is 0.0655. The summed E-state index contributed by atoms with van der Waals surface area (Å²) in [7, 11) is -51.3. The van der Waals surface area contributed by atoms with Gasteiger partial charge in [-0.25, -0.2) is 4.79 Å². The molecular weight excluding hydrogens is 1870 g/mol. The van der Waals surface area contributed by atoms with Crippen LogP contribution in [-0.4, -0.2) is 211 Å². The Morgan fingerprint density at radius 3 is 0.706 bits per heavy atom.